The van der Waals surface area contributed by atoms with E-state index in [0.717, 1.165) is 26.3 Å². The summed E-state index contributed by atoms with van der Waals surface area (Å²) in [5.41, 5.74) is 1.46. The van der Waals surface area contributed by atoms with Crippen molar-refractivity contribution >= 4 is 49.3 Å². The Morgan fingerprint density at radius 3 is 2.65 bits per heavy atom. The summed E-state index contributed by atoms with van der Waals surface area (Å²) >= 11 is 3.40. The summed E-state index contributed by atoms with van der Waals surface area (Å²) in [5.74, 6) is 0.0414. The molecular formula is C19H12BrNO2. The minimum Gasteiger partial charge on any atom is -0.451 e. The standard InChI is InChI=1S/C19H12BrNO2/c20-14-9-8-13-10-18(23-17(13)11-14)19(22)21-16-7-3-5-12-4-1-2-6-15(12)16/h1-11H,(H,21,22). The van der Waals surface area contributed by atoms with Gasteiger partial charge in [0.15, 0.2) is 5.76 Å². The number of amides is 1. The second kappa shape index (κ2) is 5.56. The van der Waals surface area contributed by atoms with E-state index in [2.05, 4.69) is 21.2 Å². The van der Waals surface area contributed by atoms with Gasteiger partial charge in [-0.3, -0.25) is 4.79 Å². The number of hydrogen-bond donors (Lipinski definition) is 1. The molecule has 0 unspecified atom stereocenters. The Bertz CT molecular complexity index is 1030. The lowest BCUT2D eigenvalue weighted by atomic mass is 10.1. The summed E-state index contributed by atoms with van der Waals surface area (Å²) in [6.07, 6.45) is 0. The van der Waals surface area contributed by atoms with Crippen LogP contribution in [0.4, 0.5) is 5.69 Å². The van der Waals surface area contributed by atoms with Crippen LogP contribution in [0.2, 0.25) is 0 Å². The maximum absolute atomic E-state index is 12.5. The summed E-state index contributed by atoms with van der Waals surface area (Å²) in [4.78, 5) is 12.5. The molecule has 0 spiro atoms. The van der Waals surface area contributed by atoms with Crippen molar-refractivity contribution in [3.05, 3.63) is 77.0 Å². The zero-order valence-electron chi connectivity index (χ0n) is 12.0. The number of fused-ring (bicyclic) bond motifs is 2. The van der Waals surface area contributed by atoms with E-state index in [1.165, 1.54) is 0 Å². The Morgan fingerprint density at radius 2 is 1.74 bits per heavy atom. The van der Waals surface area contributed by atoms with Crippen molar-refractivity contribution in [2.75, 3.05) is 5.32 Å². The molecular weight excluding hydrogens is 354 g/mol. The first-order valence-corrected chi connectivity index (χ1v) is 7.98. The lowest BCUT2D eigenvalue weighted by Crippen LogP contribution is -2.11. The third kappa shape index (κ3) is 2.62. The van der Waals surface area contributed by atoms with Crippen molar-refractivity contribution in [3.63, 3.8) is 0 Å². The Hall–Kier alpha value is -2.59. The number of benzene rings is 3. The number of carbonyl (C=O) groups is 1. The predicted octanol–water partition coefficient (Wildman–Crippen LogP) is 5.60. The third-order valence-electron chi connectivity index (χ3n) is 3.74. The topological polar surface area (TPSA) is 42.2 Å². The molecule has 0 radical (unpaired) electrons. The predicted molar refractivity (Wildman–Crippen MR) is 95.8 cm³/mol. The van der Waals surface area contributed by atoms with Crippen LogP contribution in [0.3, 0.4) is 0 Å². The molecule has 0 fully saturated rings. The van der Waals surface area contributed by atoms with Crippen LogP contribution < -0.4 is 5.32 Å². The number of carbonyl (C=O) groups excluding carboxylic acids is 1. The molecule has 1 aromatic heterocycles. The molecule has 4 heteroatoms. The first-order chi connectivity index (χ1) is 11.2. The van der Waals surface area contributed by atoms with Gasteiger partial charge in [0.05, 0.1) is 0 Å². The van der Waals surface area contributed by atoms with E-state index in [-0.39, 0.29) is 5.91 Å². The number of rotatable bonds is 2. The molecule has 0 aliphatic heterocycles. The van der Waals surface area contributed by atoms with Crippen molar-refractivity contribution in [2.24, 2.45) is 0 Å². The van der Waals surface area contributed by atoms with Crippen LogP contribution in [-0.4, -0.2) is 5.91 Å². The first kappa shape index (κ1) is 14.0. The lowest BCUT2D eigenvalue weighted by molar-refractivity contribution is 0.0999. The van der Waals surface area contributed by atoms with Crippen LogP contribution in [-0.2, 0) is 0 Å². The van der Waals surface area contributed by atoms with Gasteiger partial charge in [-0.25, -0.2) is 0 Å². The van der Waals surface area contributed by atoms with Gasteiger partial charge in [-0.1, -0.05) is 52.3 Å². The summed E-state index contributed by atoms with van der Waals surface area (Å²) < 4.78 is 6.57. The summed E-state index contributed by atoms with van der Waals surface area (Å²) in [7, 11) is 0. The molecule has 112 valence electrons. The Labute approximate surface area is 141 Å². The highest BCUT2D eigenvalue weighted by atomic mass is 79.9. The molecule has 0 aliphatic rings. The lowest BCUT2D eigenvalue weighted by Gasteiger charge is -2.07. The molecule has 0 aliphatic carbocycles. The van der Waals surface area contributed by atoms with E-state index in [9.17, 15) is 4.79 Å². The summed E-state index contributed by atoms with van der Waals surface area (Å²) in [6, 6.07) is 21.2. The number of hydrogen-bond acceptors (Lipinski definition) is 2. The van der Waals surface area contributed by atoms with Crippen molar-refractivity contribution < 1.29 is 9.21 Å². The van der Waals surface area contributed by atoms with Gasteiger partial charge >= 0.3 is 0 Å². The van der Waals surface area contributed by atoms with Gasteiger partial charge in [0, 0.05) is 20.9 Å². The van der Waals surface area contributed by atoms with Crippen molar-refractivity contribution in [2.45, 2.75) is 0 Å². The zero-order chi connectivity index (χ0) is 15.8. The second-order valence-electron chi connectivity index (χ2n) is 5.27. The summed E-state index contributed by atoms with van der Waals surface area (Å²) in [5, 5.41) is 5.92. The fraction of sp³-hybridized carbons (Fsp3) is 0. The largest absolute Gasteiger partial charge is 0.451 e. The highest BCUT2D eigenvalue weighted by Gasteiger charge is 2.13. The monoisotopic (exact) mass is 365 g/mol. The number of anilines is 1. The van der Waals surface area contributed by atoms with Crippen LogP contribution in [0.15, 0.2) is 75.6 Å². The molecule has 4 rings (SSSR count). The third-order valence-corrected chi connectivity index (χ3v) is 4.24. The van der Waals surface area contributed by atoms with Crippen LogP contribution in [0.25, 0.3) is 21.7 Å². The van der Waals surface area contributed by atoms with Gasteiger partial charge in [-0.2, -0.15) is 0 Å². The normalized spacial score (nSPS) is 11.0. The molecule has 3 nitrogen and oxygen atoms in total. The van der Waals surface area contributed by atoms with Gasteiger partial charge < -0.3 is 9.73 Å². The summed E-state index contributed by atoms with van der Waals surface area (Å²) in [6.45, 7) is 0. The van der Waals surface area contributed by atoms with E-state index >= 15 is 0 Å². The molecule has 0 bridgehead atoms. The molecule has 4 aromatic rings. The molecule has 1 amide bonds. The molecule has 1 heterocycles. The van der Waals surface area contributed by atoms with Crippen LogP contribution in [0, 0.1) is 0 Å². The maximum atomic E-state index is 12.5. The highest BCUT2D eigenvalue weighted by Crippen LogP contribution is 2.26. The van der Waals surface area contributed by atoms with Crippen molar-refractivity contribution in [1.29, 1.82) is 0 Å². The average molecular weight is 366 g/mol. The number of nitrogens with one attached hydrogen (secondary N) is 1. The number of furan rings is 1. The fourth-order valence-corrected chi connectivity index (χ4v) is 2.98. The average Bonchev–Trinajstić information content (AvgIpc) is 2.98. The highest BCUT2D eigenvalue weighted by molar-refractivity contribution is 9.10. The van der Waals surface area contributed by atoms with Crippen LogP contribution in [0.1, 0.15) is 10.6 Å². The first-order valence-electron chi connectivity index (χ1n) is 7.19. The van der Waals surface area contributed by atoms with Gasteiger partial charge in [0.1, 0.15) is 5.58 Å². The Morgan fingerprint density at radius 1 is 0.913 bits per heavy atom. The molecule has 0 saturated carbocycles. The second-order valence-corrected chi connectivity index (χ2v) is 6.19. The Balaban J connectivity index is 1.70. The fourth-order valence-electron chi connectivity index (χ4n) is 2.64. The quantitative estimate of drug-likeness (QED) is 0.502. The zero-order valence-corrected chi connectivity index (χ0v) is 13.6. The van der Waals surface area contributed by atoms with E-state index in [4.69, 9.17) is 4.42 Å². The van der Waals surface area contributed by atoms with Gasteiger partial charge in [-0.05, 0) is 35.7 Å². The van der Waals surface area contributed by atoms with E-state index in [1.807, 2.05) is 60.7 Å². The van der Waals surface area contributed by atoms with E-state index in [1.54, 1.807) is 6.07 Å². The molecule has 0 atom stereocenters. The molecule has 0 saturated heterocycles. The smallest absolute Gasteiger partial charge is 0.291 e. The van der Waals surface area contributed by atoms with Crippen molar-refractivity contribution in [3.8, 4) is 0 Å². The minimum atomic E-state index is -0.256. The van der Waals surface area contributed by atoms with Gasteiger partial charge in [0.25, 0.3) is 5.91 Å². The van der Waals surface area contributed by atoms with Crippen molar-refractivity contribution in [1.82, 2.24) is 0 Å². The minimum absolute atomic E-state index is 0.256. The van der Waals surface area contributed by atoms with Gasteiger partial charge in [-0.15, -0.1) is 0 Å². The SMILES string of the molecule is O=C(Nc1cccc2ccccc12)c1cc2ccc(Br)cc2o1. The van der Waals surface area contributed by atoms with Crippen LogP contribution in [0.5, 0.6) is 0 Å². The van der Waals surface area contributed by atoms with E-state index < -0.39 is 0 Å². The van der Waals surface area contributed by atoms with E-state index in [0.29, 0.717) is 11.3 Å². The molecule has 1 N–H and O–H groups in total. The number of halogens is 1. The Kier molecular flexibility index (Phi) is 3.39. The van der Waals surface area contributed by atoms with Gasteiger partial charge in [0.2, 0.25) is 0 Å². The maximum Gasteiger partial charge on any atom is 0.291 e. The molecule has 3 aromatic carbocycles. The van der Waals surface area contributed by atoms with Crippen LogP contribution >= 0.6 is 15.9 Å². The molecule has 23 heavy (non-hydrogen) atoms.